The molecule has 4 heterocycles. The first-order valence-electron chi connectivity index (χ1n) is 13.0. The normalized spacial score (nSPS) is 28.8. The number of nitrogens with zero attached hydrogens (tertiary/aromatic N) is 1. The minimum absolute atomic E-state index is 0.196. The average molecular weight is 528 g/mol. The van der Waals surface area contributed by atoms with Gasteiger partial charge in [0.25, 0.3) is 5.91 Å². The highest BCUT2D eigenvalue weighted by molar-refractivity contribution is 6.35. The predicted octanol–water partition coefficient (Wildman–Crippen LogP) is 4.75. The van der Waals surface area contributed by atoms with E-state index in [1.807, 2.05) is 43.3 Å². The molecule has 7 nitrogen and oxygen atoms in total. The van der Waals surface area contributed by atoms with E-state index >= 15 is 0 Å². The molecule has 2 N–H and O–H groups in total. The standard InChI is InChI=1S/C30H26ClN3O4/c1-2-38-23-15-6-3-9-17(23)26(35)24-22-14-8-16-34(22)30(19-11-7-12-20(31)25(19)33-28(30)37)29(24)18-10-4-5-13-21(18)32-27(29)36/h3-7,9-13,15,22,24H,2,8,14,16H2,1H3,(H,32,36)(H,33,37)/t22-,24-,29+,30+/m0/s1. The third-order valence-electron chi connectivity index (χ3n) is 8.82. The van der Waals surface area contributed by atoms with Crippen LogP contribution in [0.2, 0.25) is 5.02 Å². The molecule has 8 heteroatoms. The summed E-state index contributed by atoms with van der Waals surface area (Å²) >= 11 is 6.60. The first kappa shape index (κ1) is 23.4. The molecule has 0 radical (unpaired) electrons. The highest BCUT2D eigenvalue weighted by Crippen LogP contribution is 2.68. The van der Waals surface area contributed by atoms with E-state index in [0.29, 0.717) is 58.4 Å². The van der Waals surface area contributed by atoms with Crippen LogP contribution < -0.4 is 15.4 Å². The molecule has 0 saturated carbocycles. The quantitative estimate of drug-likeness (QED) is 0.478. The Bertz CT molecular complexity index is 1540. The van der Waals surface area contributed by atoms with Crippen LogP contribution in [-0.2, 0) is 20.5 Å². The van der Waals surface area contributed by atoms with Gasteiger partial charge in [-0.25, -0.2) is 0 Å². The Morgan fingerprint density at radius 1 is 1.00 bits per heavy atom. The Morgan fingerprint density at radius 2 is 1.76 bits per heavy atom. The minimum Gasteiger partial charge on any atom is -0.493 e. The molecule has 2 saturated heterocycles. The minimum atomic E-state index is -1.51. The molecule has 3 aromatic rings. The number of para-hydroxylation sites is 3. The molecule has 0 aromatic heterocycles. The number of carbonyl (C=O) groups is 3. The number of fused-ring (bicyclic) bond motifs is 7. The van der Waals surface area contributed by atoms with E-state index in [-0.39, 0.29) is 23.6 Å². The molecule has 2 amide bonds. The summed E-state index contributed by atoms with van der Waals surface area (Å²) in [4.78, 5) is 45.8. The lowest BCUT2D eigenvalue weighted by molar-refractivity contribution is -0.137. The summed E-state index contributed by atoms with van der Waals surface area (Å²) in [6, 6.07) is 19.7. The molecule has 38 heavy (non-hydrogen) atoms. The van der Waals surface area contributed by atoms with E-state index in [2.05, 4.69) is 15.5 Å². The number of hydrogen-bond acceptors (Lipinski definition) is 5. The average Bonchev–Trinajstić information content (AvgIpc) is 3.64. The topological polar surface area (TPSA) is 87.7 Å². The number of halogens is 1. The van der Waals surface area contributed by atoms with E-state index < -0.39 is 16.9 Å². The number of carbonyl (C=O) groups excluding carboxylic acids is 3. The van der Waals surface area contributed by atoms with Crippen molar-refractivity contribution in [3.8, 4) is 5.75 Å². The van der Waals surface area contributed by atoms with Crippen molar-refractivity contribution < 1.29 is 19.1 Å². The molecule has 0 bridgehead atoms. The van der Waals surface area contributed by atoms with Crippen LogP contribution in [0.1, 0.15) is 41.3 Å². The number of ketones is 1. The highest BCUT2D eigenvalue weighted by atomic mass is 35.5. The number of nitrogens with one attached hydrogen (secondary N) is 2. The summed E-state index contributed by atoms with van der Waals surface area (Å²) in [5.74, 6) is -1.22. The van der Waals surface area contributed by atoms with E-state index in [1.165, 1.54) is 0 Å². The van der Waals surface area contributed by atoms with Crippen LogP contribution in [0, 0.1) is 5.92 Å². The van der Waals surface area contributed by atoms with Gasteiger partial charge in [-0.2, -0.15) is 0 Å². The Morgan fingerprint density at radius 3 is 2.61 bits per heavy atom. The molecule has 7 rings (SSSR count). The fourth-order valence-electron chi connectivity index (χ4n) is 7.69. The van der Waals surface area contributed by atoms with Crippen molar-refractivity contribution >= 4 is 40.6 Å². The van der Waals surface area contributed by atoms with Gasteiger partial charge in [-0.15, -0.1) is 0 Å². The van der Waals surface area contributed by atoms with Crippen molar-refractivity contribution in [2.24, 2.45) is 5.92 Å². The Kier molecular flexibility index (Phi) is 5.03. The van der Waals surface area contributed by atoms with Crippen LogP contribution in [0.25, 0.3) is 0 Å². The molecular weight excluding hydrogens is 502 g/mol. The van der Waals surface area contributed by atoms with E-state index in [1.54, 1.807) is 30.3 Å². The number of anilines is 2. The Hall–Kier alpha value is -3.68. The van der Waals surface area contributed by atoms with E-state index in [4.69, 9.17) is 16.3 Å². The smallest absolute Gasteiger partial charge is 0.251 e. The third-order valence-corrected chi connectivity index (χ3v) is 9.13. The van der Waals surface area contributed by atoms with Crippen LogP contribution in [0.15, 0.2) is 66.7 Å². The van der Waals surface area contributed by atoms with Gasteiger partial charge in [0, 0.05) is 17.3 Å². The number of hydrogen-bond donors (Lipinski definition) is 2. The molecule has 4 atom stereocenters. The maximum atomic E-state index is 14.8. The number of benzene rings is 3. The Balaban J connectivity index is 1.58. The van der Waals surface area contributed by atoms with Crippen molar-refractivity contribution in [1.82, 2.24) is 4.90 Å². The van der Waals surface area contributed by atoms with Crippen molar-refractivity contribution in [3.63, 3.8) is 0 Å². The second-order valence-electron chi connectivity index (χ2n) is 10.3. The third kappa shape index (κ3) is 2.60. The largest absolute Gasteiger partial charge is 0.493 e. The molecule has 4 aliphatic heterocycles. The molecule has 2 spiro atoms. The van der Waals surface area contributed by atoms with Gasteiger partial charge in [-0.3, -0.25) is 19.3 Å². The van der Waals surface area contributed by atoms with Crippen LogP contribution in [-0.4, -0.2) is 41.7 Å². The van der Waals surface area contributed by atoms with Gasteiger partial charge < -0.3 is 15.4 Å². The van der Waals surface area contributed by atoms with Gasteiger partial charge in [0.2, 0.25) is 5.91 Å². The second-order valence-corrected chi connectivity index (χ2v) is 10.7. The second kappa shape index (κ2) is 8.16. The molecular formula is C30H26ClN3O4. The van der Waals surface area contributed by atoms with E-state index in [9.17, 15) is 14.4 Å². The number of rotatable bonds is 4. The maximum absolute atomic E-state index is 14.8. The van der Waals surface area contributed by atoms with Gasteiger partial charge in [-0.05, 0) is 56.1 Å². The summed E-state index contributed by atoms with van der Waals surface area (Å²) in [6.07, 6.45) is 1.50. The summed E-state index contributed by atoms with van der Waals surface area (Å²) < 4.78 is 5.85. The van der Waals surface area contributed by atoms with Crippen LogP contribution in [0.5, 0.6) is 5.75 Å². The number of amides is 2. The number of Topliss-reactive ketones (excluding diaryl/α,β-unsaturated/α-hetero) is 1. The van der Waals surface area contributed by atoms with E-state index in [0.717, 1.165) is 6.42 Å². The van der Waals surface area contributed by atoms with Crippen molar-refractivity contribution in [2.75, 3.05) is 23.8 Å². The lowest BCUT2D eigenvalue weighted by atomic mass is 9.57. The van der Waals surface area contributed by atoms with Gasteiger partial charge in [0.15, 0.2) is 5.78 Å². The molecule has 192 valence electrons. The fourth-order valence-corrected chi connectivity index (χ4v) is 7.91. The molecule has 0 unspecified atom stereocenters. The molecule has 2 fully saturated rings. The van der Waals surface area contributed by atoms with Crippen LogP contribution in [0.3, 0.4) is 0 Å². The van der Waals surface area contributed by atoms with Crippen LogP contribution in [0.4, 0.5) is 11.4 Å². The molecule has 0 aliphatic carbocycles. The zero-order valence-corrected chi connectivity index (χ0v) is 21.5. The van der Waals surface area contributed by atoms with Crippen molar-refractivity contribution in [3.05, 3.63) is 88.4 Å². The predicted molar refractivity (Wildman–Crippen MR) is 144 cm³/mol. The highest BCUT2D eigenvalue weighted by Gasteiger charge is 2.81. The molecule has 3 aromatic carbocycles. The van der Waals surface area contributed by atoms with Crippen molar-refractivity contribution in [1.29, 1.82) is 0 Å². The maximum Gasteiger partial charge on any atom is 0.251 e. The first-order valence-corrected chi connectivity index (χ1v) is 13.4. The fraction of sp³-hybridized carbons (Fsp3) is 0.300. The number of ether oxygens (including phenoxy) is 1. The zero-order chi connectivity index (χ0) is 26.2. The zero-order valence-electron chi connectivity index (χ0n) is 20.8. The lowest BCUT2D eigenvalue weighted by Crippen LogP contribution is -2.62. The summed E-state index contributed by atoms with van der Waals surface area (Å²) in [6.45, 7) is 2.85. The monoisotopic (exact) mass is 527 g/mol. The van der Waals surface area contributed by atoms with Crippen LogP contribution >= 0.6 is 11.6 Å². The van der Waals surface area contributed by atoms with Gasteiger partial charge in [0.1, 0.15) is 16.7 Å². The Labute approximate surface area is 225 Å². The van der Waals surface area contributed by atoms with Gasteiger partial charge in [-0.1, -0.05) is 54.1 Å². The summed E-state index contributed by atoms with van der Waals surface area (Å²) in [5, 5.41) is 6.47. The lowest BCUT2D eigenvalue weighted by Gasteiger charge is -2.43. The molecule has 4 aliphatic rings. The summed E-state index contributed by atoms with van der Waals surface area (Å²) in [7, 11) is 0. The first-order chi connectivity index (χ1) is 18.5. The van der Waals surface area contributed by atoms with Gasteiger partial charge in [0.05, 0.1) is 28.8 Å². The summed E-state index contributed by atoms with van der Waals surface area (Å²) in [5.41, 5.74) is -0.0976. The SMILES string of the molecule is CCOc1ccccc1C(=O)[C@@H]1[C@@H]2CCCN2[C@]2(C(=O)Nc3c(Cl)cccc32)[C@@]12C(=O)Nc1ccccc12. The van der Waals surface area contributed by atoms with Crippen molar-refractivity contribution in [2.45, 2.75) is 36.8 Å². The van der Waals surface area contributed by atoms with Gasteiger partial charge >= 0.3 is 0 Å².